The molecule has 1 heterocycles. The highest BCUT2D eigenvalue weighted by Gasteiger charge is 2.23. The molecule has 2 N–H and O–H groups in total. The van der Waals surface area contributed by atoms with Crippen molar-refractivity contribution in [1.82, 2.24) is 9.88 Å². The van der Waals surface area contributed by atoms with Gasteiger partial charge in [-0.3, -0.25) is 0 Å². The summed E-state index contributed by atoms with van der Waals surface area (Å²) in [5, 5.41) is 0.636. The van der Waals surface area contributed by atoms with E-state index < -0.39 is 11.7 Å². The zero-order chi connectivity index (χ0) is 23.1. The summed E-state index contributed by atoms with van der Waals surface area (Å²) in [7, 11) is 0. The van der Waals surface area contributed by atoms with Gasteiger partial charge in [0.05, 0.1) is 6.20 Å². The molecule has 0 aliphatic heterocycles. The van der Waals surface area contributed by atoms with Crippen molar-refractivity contribution in [2.45, 2.75) is 45.8 Å². The number of ether oxygens (including phenoxy) is 1. The molecule has 0 saturated carbocycles. The van der Waals surface area contributed by atoms with Crippen molar-refractivity contribution in [1.29, 1.82) is 0 Å². The quantitative estimate of drug-likeness (QED) is 0.486. The third-order valence-electron chi connectivity index (χ3n) is 4.73. The summed E-state index contributed by atoms with van der Waals surface area (Å²) in [6.45, 7) is 6.80. The standard InChI is InChI=1S/C25H30ClN3O3/c1-25(2,3)32-24(30)29(14-12-23-28-16-20(31-23)11-13-27)17-18-9-10-21(22(26)15-18)19-7-5-4-6-8-19/h4-10,15-16H,11-14,17,27H2,1-3H3. The zero-order valence-corrected chi connectivity index (χ0v) is 19.6. The Morgan fingerprint density at radius 3 is 2.56 bits per heavy atom. The Morgan fingerprint density at radius 2 is 1.91 bits per heavy atom. The van der Waals surface area contributed by atoms with Crippen molar-refractivity contribution >= 4 is 17.7 Å². The summed E-state index contributed by atoms with van der Waals surface area (Å²) in [5.41, 5.74) is 7.88. The van der Waals surface area contributed by atoms with Gasteiger partial charge in [0, 0.05) is 36.5 Å². The topological polar surface area (TPSA) is 81.6 Å². The lowest BCUT2D eigenvalue weighted by Crippen LogP contribution is -2.37. The van der Waals surface area contributed by atoms with E-state index in [1.165, 1.54) is 0 Å². The predicted octanol–water partition coefficient (Wildman–Crippen LogP) is 5.48. The van der Waals surface area contributed by atoms with Crippen LogP contribution in [0.1, 0.15) is 38.0 Å². The normalized spacial score (nSPS) is 11.4. The van der Waals surface area contributed by atoms with Crippen molar-refractivity contribution in [3.05, 3.63) is 77.0 Å². The first kappa shape index (κ1) is 23.8. The van der Waals surface area contributed by atoms with E-state index in [2.05, 4.69) is 4.98 Å². The molecule has 0 fully saturated rings. The molecule has 0 radical (unpaired) electrons. The Balaban J connectivity index is 1.75. The van der Waals surface area contributed by atoms with E-state index in [-0.39, 0.29) is 0 Å². The van der Waals surface area contributed by atoms with Crippen molar-refractivity contribution in [3.63, 3.8) is 0 Å². The van der Waals surface area contributed by atoms with Crippen LogP contribution in [-0.4, -0.2) is 34.7 Å². The molecule has 2 aromatic carbocycles. The minimum absolute atomic E-state index is 0.361. The molecular formula is C25H30ClN3O3. The van der Waals surface area contributed by atoms with E-state index >= 15 is 0 Å². The Labute approximate surface area is 194 Å². The van der Waals surface area contributed by atoms with Crippen LogP contribution in [0.4, 0.5) is 4.79 Å². The minimum Gasteiger partial charge on any atom is -0.446 e. The molecule has 1 aromatic heterocycles. The Hall–Kier alpha value is -2.83. The molecule has 170 valence electrons. The molecule has 0 unspecified atom stereocenters. The number of amides is 1. The summed E-state index contributed by atoms with van der Waals surface area (Å²) in [6.07, 6.45) is 2.39. The predicted molar refractivity (Wildman–Crippen MR) is 126 cm³/mol. The fourth-order valence-corrected chi connectivity index (χ4v) is 3.55. The SMILES string of the molecule is CC(C)(C)OC(=O)N(CCc1ncc(CCN)o1)Cc1ccc(-c2ccccc2)c(Cl)c1. The van der Waals surface area contributed by atoms with Gasteiger partial charge in [-0.15, -0.1) is 0 Å². The van der Waals surface area contributed by atoms with E-state index in [1.54, 1.807) is 11.1 Å². The number of benzene rings is 2. The highest BCUT2D eigenvalue weighted by atomic mass is 35.5. The van der Waals surface area contributed by atoms with Crippen LogP contribution in [0, 0.1) is 0 Å². The summed E-state index contributed by atoms with van der Waals surface area (Å²) < 4.78 is 11.3. The van der Waals surface area contributed by atoms with E-state index in [4.69, 9.17) is 26.5 Å². The Morgan fingerprint density at radius 1 is 1.16 bits per heavy atom. The molecule has 0 spiro atoms. The lowest BCUT2D eigenvalue weighted by molar-refractivity contribution is 0.0233. The van der Waals surface area contributed by atoms with Gasteiger partial charge in [-0.2, -0.15) is 0 Å². The number of hydrogen-bond donors (Lipinski definition) is 1. The molecule has 7 heteroatoms. The van der Waals surface area contributed by atoms with Crippen molar-refractivity contribution < 1.29 is 13.9 Å². The lowest BCUT2D eigenvalue weighted by atomic mass is 10.0. The van der Waals surface area contributed by atoms with Crippen LogP contribution in [0.5, 0.6) is 0 Å². The number of halogens is 1. The molecule has 1 amide bonds. The Bertz CT molecular complexity index is 1030. The van der Waals surface area contributed by atoms with Gasteiger partial charge >= 0.3 is 6.09 Å². The van der Waals surface area contributed by atoms with Gasteiger partial charge < -0.3 is 19.8 Å². The second-order valence-electron chi connectivity index (χ2n) is 8.59. The van der Waals surface area contributed by atoms with Gasteiger partial charge in [-0.05, 0) is 44.5 Å². The maximum atomic E-state index is 12.9. The molecule has 3 aromatic rings. The number of oxazole rings is 1. The third-order valence-corrected chi connectivity index (χ3v) is 5.04. The van der Waals surface area contributed by atoms with Crippen LogP contribution < -0.4 is 5.73 Å². The monoisotopic (exact) mass is 455 g/mol. The van der Waals surface area contributed by atoms with E-state index in [9.17, 15) is 4.79 Å². The molecular weight excluding hydrogens is 426 g/mol. The second kappa shape index (κ2) is 10.7. The molecule has 0 aliphatic carbocycles. The van der Waals surface area contributed by atoms with Gasteiger partial charge in [-0.25, -0.2) is 9.78 Å². The molecule has 6 nitrogen and oxygen atoms in total. The fraction of sp³-hybridized carbons (Fsp3) is 0.360. The second-order valence-corrected chi connectivity index (χ2v) is 9.00. The van der Waals surface area contributed by atoms with Crippen LogP contribution in [0.15, 0.2) is 59.1 Å². The number of nitrogens with two attached hydrogens (primary N) is 1. The smallest absolute Gasteiger partial charge is 0.410 e. The molecule has 0 atom stereocenters. The van der Waals surface area contributed by atoms with Gasteiger partial charge in [0.2, 0.25) is 0 Å². The van der Waals surface area contributed by atoms with E-state index in [1.807, 2.05) is 69.3 Å². The number of aromatic nitrogens is 1. The fourth-order valence-electron chi connectivity index (χ4n) is 3.24. The van der Waals surface area contributed by atoms with Crippen LogP contribution in [0.2, 0.25) is 5.02 Å². The number of hydrogen-bond acceptors (Lipinski definition) is 5. The summed E-state index contributed by atoms with van der Waals surface area (Å²) in [5.74, 6) is 1.31. The highest BCUT2D eigenvalue weighted by Crippen LogP contribution is 2.29. The average molecular weight is 456 g/mol. The highest BCUT2D eigenvalue weighted by molar-refractivity contribution is 6.33. The number of rotatable bonds is 8. The van der Waals surface area contributed by atoms with E-state index in [0.717, 1.165) is 22.5 Å². The van der Waals surface area contributed by atoms with Crippen molar-refractivity contribution in [2.75, 3.05) is 13.1 Å². The number of nitrogens with zero attached hydrogens (tertiary/aromatic N) is 2. The minimum atomic E-state index is -0.596. The van der Waals surface area contributed by atoms with Crippen LogP contribution >= 0.6 is 11.6 Å². The maximum Gasteiger partial charge on any atom is 0.410 e. The maximum absolute atomic E-state index is 12.9. The van der Waals surface area contributed by atoms with Gasteiger partial charge in [0.15, 0.2) is 5.89 Å². The van der Waals surface area contributed by atoms with Crippen LogP contribution in [0.25, 0.3) is 11.1 Å². The molecule has 0 aliphatic rings. The van der Waals surface area contributed by atoms with E-state index in [0.29, 0.717) is 43.4 Å². The van der Waals surface area contributed by atoms with Gasteiger partial charge in [0.25, 0.3) is 0 Å². The first-order chi connectivity index (χ1) is 15.2. The molecule has 32 heavy (non-hydrogen) atoms. The average Bonchev–Trinajstić information content (AvgIpc) is 3.18. The summed E-state index contributed by atoms with van der Waals surface area (Å²) >= 11 is 6.57. The van der Waals surface area contributed by atoms with Crippen molar-refractivity contribution in [2.24, 2.45) is 5.73 Å². The molecule has 3 rings (SSSR count). The number of carbonyl (C=O) groups excluding carboxylic acids is 1. The lowest BCUT2D eigenvalue weighted by Gasteiger charge is -2.27. The summed E-state index contributed by atoms with van der Waals surface area (Å²) in [4.78, 5) is 18.8. The first-order valence-corrected chi connectivity index (χ1v) is 11.1. The summed E-state index contributed by atoms with van der Waals surface area (Å²) in [6, 6.07) is 15.8. The Kier molecular flexibility index (Phi) is 7.94. The van der Waals surface area contributed by atoms with Crippen LogP contribution in [0.3, 0.4) is 0 Å². The van der Waals surface area contributed by atoms with Crippen LogP contribution in [-0.2, 0) is 24.1 Å². The number of carbonyl (C=O) groups is 1. The van der Waals surface area contributed by atoms with Gasteiger partial charge in [0.1, 0.15) is 11.4 Å². The first-order valence-electron chi connectivity index (χ1n) is 10.7. The third kappa shape index (κ3) is 6.84. The largest absolute Gasteiger partial charge is 0.446 e. The molecule has 0 bridgehead atoms. The zero-order valence-electron chi connectivity index (χ0n) is 18.8. The van der Waals surface area contributed by atoms with Crippen molar-refractivity contribution in [3.8, 4) is 11.1 Å². The molecule has 0 saturated heterocycles. The van der Waals surface area contributed by atoms with Gasteiger partial charge in [-0.1, -0.05) is 54.1 Å².